The second kappa shape index (κ2) is 8.44. The number of piperidine rings is 1. The molecule has 1 fully saturated rings. The Morgan fingerprint density at radius 2 is 2.04 bits per heavy atom. The number of hydrogen-bond acceptors (Lipinski definition) is 5. The summed E-state index contributed by atoms with van der Waals surface area (Å²) < 4.78 is 33.4. The summed E-state index contributed by atoms with van der Waals surface area (Å²) in [5, 5.41) is 0. The van der Waals surface area contributed by atoms with Crippen molar-refractivity contribution < 1.29 is 17.9 Å². The van der Waals surface area contributed by atoms with E-state index in [2.05, 4.69) is 31.0 Å². The van der Waals surface area contributed by atoms with E-state index in [9.17, 15) is 13.2 Å². The highest BCUT2D eigenvalue weighted by Crippen LogP contribution is 2.23. The molecule has 0 unspecified atom stereocenters. The van der Waals surface area contributed by atoms with Gasteiger partial charge in [-0.2, -0.15) is 4.99 Å². The van der Waals surface area contributed by atoms with Crippen LogP contribution in [0.25, 0.3) is 10.2 Å². The average molecular weight is 426 g/mol. The first-order valence-corrected chi connectivity index (χ1v) is 12.0. The van der Waals surface area contributed by atoms with E-state index in [4.69, 9.17) is 4.74 Å². The molecule has 1 saturated heterocycles. The summed E-state index contributed by atoms with van der Waals surface area (Å²) in [7, 11) is -1.65. The Morgan fingerprint density at radius 3 is 2.71 bits per heavy atom. The Bertz CT molecular complexity index is 1050. The predicted molar refractivity (Wildman–Crippen MR) is 111 cm³/mol. The number of fused-ring (bicyclic) bond motifs is 1. The number of hydrogen-bond donors (Lipinski definition) is 0. The van der Waals surface area contributed by atoms with E-state index in [1.54, 1.807) is 7.11 Å². The van der Waals surface area contributed by atoms with Crippen molar-refractivity contribution in [2.45, 2.75) is 33.2 Å². The quantitative estimate of drug-likeness (QED) is 0.734. The van der Waals surface area contributed by atoms with E-state index in [-0.39, 0.29) is 12.5 Å². The summed E-state index contributed by atoms with van der Waals surface area (Å²) in [6.07, 6.45) is 2.52. The Balaban J connectivity index is 1.99. The fourth-order valence-electron chi connectivity index (χ4n) is 3.44. The van der Waals surface area contributed by atoms with Crippen LogP contribution in [0.1, 0.15) is 24.0 Å². The molecule has 0 bridgehead atoms. The van der Waals surface area contributed by atoms with Gasteiger partial charge in [0, 0.05) is 26.7 Å². The Morgan fingerprint density at radius 1 is 1.32 bits per heavy atom. The lowest BCUT2D eigenvalue weighted by Gasteiger charge is -2.28. The van der Waals surface area contributed by atoms with E-state index < -0.39 is 15.9 Å². The van der Waals surface area contributed by atoms with Gasteiger partial charge in [-0.1, -0.05) is 11.3 Å². The number of carbonyl (C=O) groups excluding carboxylic acids is 1. The molecule has 9 heteroatoms. The van der Waals surface area contributed by atoms with Crippen molar-refractivity contribution in [3.8, 4) is 0 Å². The first kappa shape index (κ1) is 21.2. The molecular weight excluding hydrogens is 398 g/mol. The lowest BCUT2D eigenvalue weighted by atomic mass is 9.99. The number of aryl methyl sites for hydroxylation is 2. The molecule has 1 amide bonds. The molecule has 2 aromatic rings. The van der Waals surface area contributed by atoms with Gasteiger partial charge in [0.25, 0.3) is 5.91 Å². The van der Waals surface area contributed by atoms with E-state index in [0.717, 1.165) is 10.2 Å². The van der Waals surface area contributed by atoms with Crippen LogP contribution in [0, 0.1) is 19.8 Å². The normalized spacial score (nSPS) is 19.4. The highest BCUT2D eigenvalue weighted by atomic mass is 32.2. The number of amides is 1. The second-order valence-corrected chi connectivity index (χ2v) is 10.3. The van der Waals surface area contributed by atoms with Crippen LogP contribution in [0.5, 0.6) is 0 Å². The average Bonchev–Trinajstić information content (AvgIpc) is 2.95. The third-order valence-corrected chi connectivity index (χ3v) is 7.54. The zero-order chi connectivity index (χ0) is 20.5. The Kier molecular flexibility index (Phi) is 6.38. The van der Waals surface area contributed by atoms with Crippen molar-refractivity contribution in [1.82, 2.24) is 8.87 Å². The minimum Gasteiger partial charge on any atom is -0.383 e. The van der Waals surface area contributed by atoms with Crippen LogP contribution in [0.15, 0.2) is 17.1 Å². The Labute approximate surface area is 169 Å². The van der Waals surface area contributed by atoms with Gasteiger partial charge >= 0.3 is 0 Å². The van der Waals surface area contributed by atoms with E-state index in [0.29, 0.717) is 37.3 Å². The second-order valence-electron chi connectivity index (χ2n) is 7.34. The molecule has 0 aliphatic carbocycles. The van der Waals surface area contributed by atoms with E-state index in [1.165, 1.54) is 33.0 Å². The van der Waals surface area contributed by atoms with Crippen LogP contribution in [-0.4, -0.2) is 56.3 Å². The molecule has 1 aliphatic rings. The minimum absolute atomic E-state index is 0.211. The predicted octanol–water partition coefficient (Wildman–Crippen LogP) is 2.06. The maximum absolute atomic E-state index is 12.9. The number of sulfonamides is 1. The maximum atomic E-state index is 12.9. The van der Waals surface area contributed by atoms with Crippen molar-refractivity contribution in [3.63, 3.8) is 0 Å². The zero-order valence-electron chi connectivity index (χ0n) is 16.8. The highest BCUT2D eigenvalue weighted by Gasteiger charge is 2.30. The highest BCUT2D eigenvalue weighted by molar-refractivity contribution is 7.88. The third kappa shape index (κ3) is 4.53. The van der Waals surface area contributed by atoms with Gasteiger partial charge in [0.15, 0.2) is 4.80 Å². The van der Waals surface area contributed by atoms with Crippen molar-refractivity contribution in [2.75, 3.05) is 33.1 Å². The molecule has 0 N–H and O–H groups in total. The van der Waals surface area contributed by atoms with Gasteiger partial charge < -0.3 is 9.30 Å². The molecule has 0 radical (unpaired) electrons. The number of aromatic nitrogens is 1. The molecule has 28 heavy (non-hydrogen) atoms. The lowest BCUT2D eigenvalue weighted by molar-refractivity contribution is -0.122. The summed E-state index contributed by atoms with van der Waals surface area (Å²) in [4.78, 5) is 17.9. The van der Waals surface area contributed by atoms with Crippen molar-refractivity contribution >= 4 is 37.5 Å². The first-order chi connectivity index (χ1) is 13.2. The minimum atomic E-state index is -3.30. The van der Waals surface area contributed by atoms with Crippen LogP contribution in [0.2, 0.25) is 0 Å². The van der Waals surface area contributed by atoms with Gasteiger partial charge in [0.05, 0.1) is 29.0 Å². The molecular formula is C19H27N3O4S2. The number of thiazole rings is 1. The maximum Gasteiger partial charge on any atom is 0.252 e. The number of methoxy groups -OCH3 is 1. The van der Waals surface area contributed by atoms with Crippen LogP contribution in [0.4, 0.5) is 0 Å². The van der Waals surface area contributed by atoms with Crippen LogP contribution in [-0.2, 0) is 26.1 Å². The van der Waals surface area contributed by atoms with Gasteiger partial charge in [-0.25, -0.2) is 12.7 Å². The molecule has 0 spiro atoms. The van der Waals surface area contributed by atoms with Gasteiger partial charge in [-0.15, -0.1) is 0 Å². The number of rotatable bonds is 5. The number of carbonyl (C=O) groups is 1. The summed E-state index contributed by atoms with van der Waals surface area (Å²) >= 11 is 1.48. The molecule has 154 valence electrons. The number of nitrogens with zero attached hydrogens (tertiary/aromatic N) is 3. The van der Waals surface area contributed by atoms with Crippen molar-refractivity contribution in [3.05, 3.63) is 28.1 Å². The zero-order valence-corrected chi connectivity index (χ0v) is 18.4. The molecule has 1 aromatic carbocycles. The van der Waals surface area contributed by atoms with Crippen LogP contribution >= 0.6 is 11.3 Å². The molecule has 1 aromatic heterocycles. The van der Waals surface area contributed by atoms with Crippen LogP contribution in [0.3, 0.4) is 0 Å². The summed E-state index contributed by atoms with van der Waals surface area (Å²) in [5.41, 5.74) is 3.42. The summed E-state index contributed by atoms with van der Waals surface area (Å²) in [6.45, 7) is 5.94. The van der Waals surface area contributed by atoms with Crippen molar-refractivity contribution in [2.24, 2.45) is 10.9 Å². The molecule has 1 atom stereocenters. The standard InChI is InChI=1S/C19H27N3O4S2/c1-13-10-16-17(11-14(13)2)27-19(22(16)8-9-26-3)20-18(23)15-6-5-7-21(12-15)28(4,24)25/h10-11,15H,5-9,12H2,1-4H3/t15-/m1/s1. The van der Waals surface area contributed by atoms with Gasteiger partial charge in [0.1, 0.15) is 0 Å². The first-order valence-electron chi connectivity index (χ1n) is 9.34. The molecule has 7 nitrogen and oxygen atoms in total. The van der Waals surface area contributed by atoms with E-state index in [1.807, 2.05) is 4.57 Å². The smallest absolute Gasteiger partial charge is 0.252 e. The molecule has 3 rings (SSSR count). The Hall–Kier alpha value is -1.55. The molecule has 1 aliphatic heterocycles. The van der Waals surface area contributed by atoms with Gasteiger partial charge in [-0.3, -0.25) is 4.79 Å². The molecule has 2 heterocycles. The third-order valence-electron chi connectivity index (χ3n) is 5.23. The largest absolute Gasteiger partial charge is 0.383 e. The monoisotopic (exact) mass is 425 g/mol. The van der Waals surface area contributed by atoms with Gasteiger partial charge in [-0.05, 0) is 49.9 Å². The van der Waals surface area contributed by atoms with Crippen molar-refractivity contribution in [1.29, 1.82) is 0 Å². The number of ether oxygens (including phenoxy) is 1. The summed E-state index contributed by atoms with van der Waals surface area (Å²) in [6, 6.07) is 4.24. The lowest BCUT2D eigenvalue weighted by Crippen LogP contribution is -2.41. The van der Waals surface area contributed by atoms with Crippen LogP contribution < -0.4 is 4.80 Å². The van der Waals surface area contributed by atoms with Gasteiger partial charge in [0.2, 0.25) is 10.0 Å². The molecule has 0 saturated carbocycles. The van der Waals surface area contributed by atoms with E-state index >= 15 is 0 Å². The summed E-state index contributed by atoms with van der Waals surface area (Å²) in [5.74, 6) is -0.646. The number of benzene rings is 1. The topological polar surface area (TPSA) is 81.0 Å². The fourth-order valence-corrected chi connectivity index (χ4v) is 5.49. The SMILES string of the molecule is COCCn1c(=NC(=O)[C@@H]2CCCN(S(C)(=O)=O)C2)sc2cc(C)c(C)cc21. The fraction of sp³-hybridized carbons (Fsp3) is 0.579.